The van der Waals surface area contributed by atoms with E-state index in [0.29, 0.717) is 10.7 Å². The normalized spacial score (nSPS) is 22.3. The van der Waals surface area contributed by atoms with Crippen molar-refractivity contribution in [1.82, 2.24) is 9.78 Å². The highest BCUT2D eigenvalue weighted by molar-refractivity contribution is 9.09. The van der Waals surface area contributed by atoms with Gasteiger partial charge in [-0.3, -0.25) is 4.68 Å². The average molecular weight is 333 g/mol. The van der Waals surface area contributed by atoms with Gasteiger partial charge in [0.25, 0.3) is 0 Å². The Morgan fingerprint density at radius 3 is 2.95 bits per heavy atom. The number of aromatic nitrogens is 2. The zero-order chi connectivity index (χ0) is 13.9. The first-order valence-corrected chi connectivity index (χ1v) is 8.36. The van der Waals surface area contributed by atoms with Crippen LogP contribution in [0.15, 0.2) is 36.5 Å². The topological polar surface area (TPSA) is 17.8 Å². The van der Waals surface area contributed by atoms with E-state index in [2.05, 4.69) is 51.4 Å². The lowest BCUT2D eigenvalue weighted by Gasteiger charge is -2.21. The summed E-state index contributed by atoms with van der Waals surface area (Å²) in [7, 11) is 2.03. The Hall–Kier alpha value is -1.09. The highest BCUT2D eigenvalue weighted by Crippen LogP contribution is 2.41. The minimum atomic E-state index is 0.495. The van der Waals surface area contributed by atoms with Crippen molar-refractivity contribution >= 4 is 15.9 Å². The number of rotatable bonds is 3. The van der Waals surface area contributed by atoms with E-state index in [1.54, 1.807) is 0 Å². The summed E-state index contributed by atoms with van der Waals surface area (Å²) in [6, 6.07) is 11.0. The van der Waals surface area contributed by atoms with Crippen molar-refractivity contribution in [3.05, 3.63) is 53.3 Å². The van der Waals surface area contributed by atoms with Gasteiger partial charge in [0.1, 0.15) is 0 Å². The van der Waals surface area contributed by atoms with Crippen LogP contribution in [0.2, 0.25) is 0 Å². The van der Waals surface area contributed by atoms with E-state index in [-0.39, 0.29) is 0 Å². The van der Waals surface area contributed by atoms with Crippen LogP contribution in [-0.2, 0) is 19.9 Å². The average Bonchev–Trinajstić information content (AvgIpc) is 2.80. The largest absolute Gasteiger partial charge is 0.273 e. The van der Waals surface area contributed by atoms with Crippen LogP contribution in [0.3, 0.4) is 0 Å². The molecule has 0 spiro atoms. The SMILES string of the molecule is Cn1nccc1CCC1CCCc2ccccc2C1Br. The van der Waals surface area contributed by atoms with Gasteiger partial charge in [-0.15, -0.1) is 0 Å². The van der Waals surface area contributed by atoms with Gasteiger partial charge in [-0.25, -0.2) is 0 Å². The number of benzene rings is 1. The fourth-order valence-electron chi connectivity index (χ4n) is 3.26. The Bertz CT molecular complexity index is 576. The summed E-state index contributed by atoms with van der Waals surface area (Å²) >= 11 is 3.96. The number of nitrogens with zero attached hydrogens (tertiary/aromatic N) is 2. The van der Waals surface area contributed by atoms with E-state index in [1.807, 2.05) is 17.9 Å². The maximum absolute atomic E-state index is 4.26. The van der Waals surface area contributed by atoms with Gasteiger partial charge in [-0.2, -0.15) is 5.10 Å². The van der Waals surface area contributed by atoms with Gasteiger partial charge in [0.15, 0.2) is 0 Å². The fraction of sp³-hybridized carbons (Fsp3) is 0.471. The number of halogens is 1. The molecule has 1 aromatic carbocycles. The van der Waals surface area contributed by atoms with Gasteiger partial charge in [0.2, 0.25) is 0 Å². The molecule has 0 N–H and O–H groups in total. The minimum absolute atomic E-state index is 0.495. The van der Waals surface area contributed by atoms with E-state index in [9.17, 15) is 0 Å². The maximum atomic E-state index is 4.26. The standard InChI is InChI=1S/C17H21BrN2/c1-20-15(11-12-19-20)10-9-14-7-4-6-13-5-2-3-8-16(13)17(14)18/h2-3,5,8,11-12,14,17H,4,6-7,9-10H2,1H3. The third-order valence-corrected chi connectivity index (χ3v) is 5.72. The molecule has 1 aromatic heterocycles. The number of aryl methyl sites for hydroxylation is 3. The third-order valence-electron chi connectivity index (χ3n) is 4.48. The van der Waals surface area contributed by atoms with Gasteiger partial charge in [0, 0.05) is 23.8 Å². The smallest absolute Gasteiger partial charge is 0.0492 e. The van der Waals surface area contributed by atoms with Crippen LogP contribution in [-0.4, -0.2) is 9.78 Å². The molecule has 0 fully saturated rings. The quantitative estimate of drug-likeness (QED) is 0.600. The Morgan fingerprint density at radius 1 is 1.30 bits per heavy atom. The van der Waals surface area contributed by atoms with Crippen molar-refractivity contribution in [2.75, 3.05) is 0 Å². The first-order valence-electron chi connectivity index (χ1n) is 7.44. The zero-order valence-corrected chi connectivity index (χ0v) is 13.5. The van der Waals surface area contributed by atoms with Crippen LogP contribution in [0.25, 0.3) is 0 Å². The Labute approximate surface area is 129 Å². The monoisotopic (exact) mass is 332 g/mol. The molecule has 106 valence electrons. The molecule has 0 bridgehead atoms. The molecule has 1 aliphatic rings. The van der Waals surface area contributed by atoms with Gasteiger partial charge < -0.3 is 0 Å². The van der Waals surface area contributed by atoms with E-state index in [0.717, 1.165) is 6.42 Å². The zero-order valence-electron chi connectivity index (χ0n) is 11.9. The molecule has 3 heteroatoms. The van der Waals surface area contributed by atoms with Crippen molar-refractivity contribution in [2.45, 2.75) is 36.9 Å². The van der Waals surface area contributed by atoms with E-state index < -0.39 is 0 Å². The van der Waals surface area contributed by atoms with Crippen LogP contribution in [0.5, 0.6) is 0 Å². The predicted molar refractivity (Wildman–Crippen MR) is 86.1 cm³/mol. The second kappa shape index (κ2) is 6.13. The first-order chi connectivity index (χ1) is 9.75. The predicted octanol–water partition coefficient (Wildman–Crippen LogP) is 4.44. The minimum Gasteiger partial charge on any atom is -0.273 e. The van der Waals surface area contributed by atoms with Crippen LogP contribution in [0.1, 0.15) is 40.9 Å². The van der Waals surface area contributed by atoms with Crippen molar-refractivity contribution in [3.63, 3.8) is 0 Å². The molecule has 1 aliphatic carbocycles. The van der Waals surface area contributed by atoms with Gasteiger partial charge >= 0.3 is 0 Å². The fourth-order valence-corrected chi connectivity index (χ4v) is 4.23. The molecule has 2 nitrogen and oxygen atoms in total. The van der Waals surface area contributed by atoms with Crippen molar-refractivity contribution in [3.8, 4) is 0 Å². The number of fused-ring (bicyclic) bond motifs is 1. The Balaban J connectivity index is 1.73. The lowest BCUT2D eigenvalue weighted by molar-refractivity contribution is 0.438. The lowest BCUT2D eigenvalue weighted by atomic mass is 9.92. The molecular weight excluding hydrogens is 312 g/mol. The summed E-state index contributed by atoms with van der Waals surface area (Å²) in [5, 5.41) is 4.26. The molecule has 1 heterocycles. The number of hydrogen-bond donors (Lipinski definition) is 0. The third kappa shape index (κ3) is 2.83. The van der Waals surface area contributed by atoms with Gasteiger partial charge in [-0.1, -0.05) is 40.2 Å². The number of hydrogen-bond acceptors (Lipinski definition) is 1. The van der Waals surface area contributed by atoms with E-state index in [4.69, 9.17) is 0 Å². The van der Waals surface area contributed by atoms with Crippen LogP contribution >= 0.6 is 15.9 Å². The molecule has 20 heavy (non-hydrogen) atoms. The van der Waals surface area contributed by atoms with Crippen molar-refractivity contribution in [1.29, 1.82) is 0 Å². The number of alkyl halides is 1. The van der Waals surface area contributed by atoms with E-state index in [1.165, 1.54) is 42.5 Å². The molecule has 3 rings (SSSR count). The maximum Gasteiger partial charge on any atom is 0.0492 e. The molecule has 2 aromatic rings. The molecule has 0 saturated carbocycles. The second-order valence-corrected chi connectivity index (χ2v) is 6.72. The van der Waals surface area contributed by atoms with E-state index >= 15 is 0 Å². The van der Waals surface area contributed by atoms with Crippen LogP contribution in [0, 0.1) is 5.92 Å². The van der Waals surface area contributed by atoms with Gasteiger partial charge in [0.05, 0.1) is 0 Å². The lowest BCUT2D eigenvalue weighted by Crippen LogP contribution is -2.09. The van der Waals surface area contributed by atoms with Crippen molar-refractivity contribution < 1.29 is 0 Å². The summed E-state index contributed by atoms with van der Waals surface area (Å²) < 4.78 is 1.99. The molecular formula is C17H21BrN2. The Kier molecular flexibility index (Phi) is 4.25. The molecule has 0 aliphatic heterocycles. The molecule has 0 saturated heterocycles. The van der Waals surface area contributed by atoms with Crippen LogP contribution in [0.4, 0.5) is 0 Å². The van der Waals surface area contributed by atoms with Gasteiger partial charge in [-0.05, 0) is 55.2 Å². The highest BCUT2D eigenvalue weighted by atomic mass is 79.9. The second-order valence-electron chi connectivity index (χ2n) is 5.74. The molecule has 2 atom stereocenters. The molecule has 2 unspecified atom stereocenters. The Morgan fingerprint density at radius 2 is 2.15 bits per heavy atom. The molecule has 0 amide bonds. The van der Waals surface area contributed by atoms with Crippen LogP contribution < -0.4 is 0 Å². The highest BCUT2D eigenvalue weighted by Gasteiger charge is 2.25. The summed E-state index contributed by atoms with van der Waals surface area (Å²) in [6.07, 6.45) is 8.07. The molecule has 0 radical (unpaired) electrons. The summed E-state index contributed by atoms with van der Waals surface area (Å²) in [6.45, 7) is 0. The van der Waals surface area contributed by atoms with Crippen molar-refractivity contribution in [2.24, 2.45) is 13.0 Å². The summed E-state index contributed by atoms with van der Waals surface area (Å²) in [4.78, 5) is 0.495. The summed E-state index contributed by atoms with van der Waals surface area (Å²) in [5.74, 6) is 0.716. The summed E-state index contributed by atoms with van der Waals surface area (Å²) in [5.41, 5.74) is 4.36. The first kappa shape index (κ1) is 13.9.